The molecule has 2 unspecified atom stereocenters. The molecular formula is C22H31ClN2. The molecule has 1 aliphatic heterocycles. The number of halogens is 1. The summed E-state index contributed by atoms with van der Waals surface area (Å²) >= 11 is 0. The first-order valence-corrected chi connectivity index (χ1v) is 9.39. The third kappa shape index (κ3) is 5.07. The second kappa shape index (κ2) is 9.96. The van der Waals surface area contributed by atoms with Crippen LogP contribution in [0.3, 0.4) is 0 Å². The van der Waals surface area contributed by atoms with Gasteiger partial charge in [0.15, 0.2) is 0 Å². The summed E-state index contributed by atoms with van der Waals surface area (Å²) < 4.78 is 0. The minimum absolute atomic E-state index is 0. The summed E-state index contributed by atoms with van der Waals surface area (Å²) in [6.07, 6.45) is 4.90. The Hall–Kier alpha value is -1.35. The first-order valence-electron chi connectivity index (χ1n) is 9.39. The van der Waals surface area contributed by atoms with Crippen molar-refractivity contribution in [2.24, 2.45) is 11.7 Å². The van der Waals surface area contributed by atoms with Gasteiger partial charge in [-0.2, -0.15) is 0 Å². The van der Waals surface area contributed by atoms with E-state index in [1.54, 1.807) is 0 Å². The third-order valence-corrected chi connectivity index (χ3v) is 5.35. The van der Waals surface area contributed by atoms with E-state index in [4.69, 9.17) is 5.73 Å². The van der Waals surface area contributed by atoms with Crippen molar-refractivity contribution in [3.05, 3.63) is 71.8 Å². The van der Waals surface area contributed by atoms with E-state index in [0.29, 0.717) is 18.0 Å². The van der Waals surface area contributed by atoms with Crippen molar-refractivity contribution in [1.82, 2.24) is 4.90 Å². The largest absolute Gasteiger partial charge is 0.327 e. The van der Waals surface area contributed by atoms with Crippen molar-refractivity contribution in [1.29, 1.82) is 0 Å². The highest BCUT2D eigenvalue weighted by Gasteiger charge is 2.31. The highest BCUT2D eigenvalue weighted by atomic mass is 35.5. The Morgan fingerprint density at radius 3 is 2.08 bits per heavy atom. The van der Waals surface area contributed by atoms with Crippen LogP contribution in [0.15, 0.2) is 60.7 Å². The molecule has 1 fully saturated rings. The number of hydrogen-bond acceptors (Lipinski definition) is 2. The second-order valence-corrected chi connectivity index (χ2v) is 7.07. The lowest BCUT2D eigenvalue weighted by Crippen LogP contribution is -2.48. The molecule has 1 aliphatic rings. The Balaban J connectivity index is 0.00000225. The average molecular weight is 359 g/mol. The molecule has 2 N–H and O–H groups in total. The van der Waals surface area contributed by atoms with Crippen LogP contribution < -0.4 is 5.73 Å². The van der Waals surface area contributed by atoms with E-state index in [1.165, 1.54) is 30.4 Å². The topological polar surface area (TPSA) is 29.3 Å². The molecule has 1 saturated heterocycles. The first kappa shape index (κ1) is 20.0. The van der Waals surface area contributed by atoms with Gasteiger partial charge in [0.2, 0.25) is 0 Å². The van der Waals surface area contributed by atoms with Crippen molar-refractivity contribution in [2.75, 3.05) is 13.1 Å². The fourth-order valence-electron chi connectivity index (χ4n) is 3.97. The molecular weight excluding hydrogens is 328 g/mol. The second-order valence-electron chi connectivity index (χ2n) is 7.07. The predicted octanol–water partition coefficient (Wildman–Crippen LogP) is 5.04. The molecule has 25 heavy (non-hydrogen) atoms. The minimum Gasteiger partial charge on any atom is -0.327 e. The lowest BCUT2D eigenvalue weighted by molar-refractivity contribution is 0.119. The number of unbranched alkanes of at least 4 members (excludes halogenated alkanes) is 1. The molecule has 0 aliphatic carbocycles. The molecule has 2 atom stereocenters. The van der Waals surface area contributed by atoms with Crippen LogP contribution in [0.25, 0.3) is 0 Å². The van der Waals surface area contributed by atoms with Gasteiger partial charge in [0.25, 0.3) is 0 Å². The molecule has 2 aromatic rings. The summed E-state index contributed by atoms with van der Waals surface area (Å²) in [4.78, 5) is 2.65. The van der Waals surface area contributed by atoms with Crippen molar-refractivity contribution in [3.8, 4) is 0 Å². The predicted molar refractivity (Wildman–Crippen MR) is 109 cm³/mol. The van der Waals surface area contributed by atoms with Gasteiger partial charge in [-0.25, -0.2) is 0 Å². The molecule has 136 valence electrons. The van der Waals surface area contributed by atoms with Crippen LogP contribution in [-0.4, -0.2) is 24.0 Å². The van der Waals surface area contributed by atoms with E-state index >= 15 is 0 Å². The molecule has 2 aromatic carbocycles. The number of nitrogens with two attached hydrogens (primary N) is 1. The summed E-state index contributed by atoms with van der Waals surface area (Å²) in [7, 11) is 0. The van der Waals surface area contributed by atoms with E-state index in [2.05, 4.69) is 72.5 Å². The molecule has 3 rings (SSSR count). The number of rotatable bonds is 6. The fraction of sp³-hybridized carbons (Fsp3) is 0.455. The number of likely N-dealkylation sites (tertiary alicyclic amines) is 1. The standard InChI is InChI=1S/C22H30N2.ClH/c1-2-3-10-20-17-24(16-15-21(20)23)22(18-11-6-4-7-12-18)19-13-8-5-9-14-19;/h4-9,11-14,20-22H,2-3,10,15-17,23H2,1H3;1H. The average Bonchev–Trinajstić information content (AvgIpc) is 2.64. The summed E-state index contributed by atoms with van der Waals surface area (Å²) in [5.74, 6) is 0.619. The van der Waals surface area contributed by atoms with Gasteiger partial charge in [-0.3, -0.25) is 4.90 Å². The quantitative estimate of drug-likeness (QED) is 0.784. The van der Waals surface area contributed by atoms with Gasteiger partial charge in [-0.05, 0) is 29.9 Å². The summed E-state index contributed by atoms with van der Waals surface area (Å²) in [5.41, 5.74) is 9.20. The molecule has 1 heterocycles. The molecule has 0 bridgehead atoms. The molecule has 0 aromatic heterocycles. The van der Waals surface area contributed by atoms with Crippen molar-refractivity contribution in [2.45, 2.75) is 44.7 Å². The summed E-state index contributed by atoms with van der Waals surface area (Å²) in [5, 5.41) is 0. The molecule has 2 nitrogen and oxygen atoms in total. The Kier molecular flexibility index (Phi) is 7.95. The van der Waals surface area contributed by atoms with Crippen LogP contribution in [0, 0.1) is 5.92 Å². The van der Waals surface area contributed by atoms with E-state index < -0.39 is 0 Å². The van der Waals surface area contributed by atoms with Crippen LogP contribution in [0.4, 0.5) is 0 Å². The van der Waals surface area contributed by atoms with Gasteiger partial charge in [0.05, 0.1) is 6.04 Å². The van der Waals surface area contributed by atoms with Gasteiger partial charge >= 0.3 is 0 Å². The zero-order valence-electron chi connectivity index (χ0n) is 15.2. The number of piperidine rings is 1. The number of hydrogen-bond donors (Lipinski definition) is 1. The molecule has 3 heteroatoms. The lowest BCUT2D eigenvalue weighted by atomic mass is 9.86. The smallest absolute Gasteiger partial charge is 0.0601 e. The molecule has 0 amide bonds. The number of nitrogens with zero attached hydrogens (tertiary/aromatic N) is 1. The lowest BCUT2D eigenvalue weighted by Gasteiger charge is -2.41. The Morgan fingerprint density at radius 2 is 1.56 bits per heavy atom. The van der Waals surface area contributed by atoms with Crippen LogP contribution in [0.5, 0.6) is 0 Å². The third-order valence-electron chi connectivity index (χ3n) is 5.35. The molecule has 0 saturated carbocycles. The van der Waals surface area contributed by atoms with E-state index in [9.17, 15) is 0 Å². The zero-order chi connectivity index (χ0) is 16.8. The number of benzene rings is 2. The van der Waals surface area contributed by atoms with E-state index in [1.807, 2.05) is 0 Å². The van der Waals surface area contributed by atoms with Gasteiger partial charge in [0, 0.05) is 19.1 Å². The highest BCUT2D eigenvalue weighted by Crippen LogP contribution is 2.33. The van der Waals surface area contributed by atoms with Crippen LogP contribution >= 0.6 is 12.4 Å². The van der Waals surface area contributed by atoms with E-state index in [0.717, 1.165) is 19.5 Å². The highest BCUT2D eigenvalue weighted by molar-refractivity contribution is 5.85. The van der Waals surface area contributed by atoms with Gasteiger partial charge in [-0.1, -0.05) is 80.4 Å². The van der Waals surface area contributed by atoms with Crippen LogP contribution in [0.1, 0.15) is 49.8 Å². The zero-order valence-corrected chi connectivity index (χ0v) is 16.0. The minimum atomic E-state index is 0. The van der Waals surface area contributed by atoms with Crippen LogP contribution in [0.2, 0.25) is 0 Å². The van der Waals surface area contributed by atoms with Crippen LogP contribution in [-0.2, 0) is 0 Å². The molecule has 0 radical (unpaired) electrons. The van der Waals surface area contributed by atoms with Gasteiger partial charge in [-0.15, -0.1) is 12.4 Å². The Labute approximate surface area is 158 Å². The summed E-state index contributed by atoms with van der Waals surface area (Å²) in [6.45, 7) is 4.46. The Bertz CT molecular complexity index is 562. The van der Waals surface area contributed by atoms with Gasteiger partial charge in [0.1, 0.15) is 0 Å². The maximum atomic E-state index is 6.43. The SMILES string of the molecule is CCCCC1CN(C(c2ccccc2)c2ccccc2)CCC1N.Cl. The normalized spacial score (nSPS) is 21.1. The monoisotopic (exact) mass is 358 g/mol. The fourth-order valence-corrected chi connectivity index (χ4v) is 3.97. The maximum absolute atomic E-state index is 6.43. The van der Waals surface area contributed by atoms with Crippen molar-refractivity contribution >= 4 is 12.4 Å². The maximum Gasteiger partial charge on any atom is 0.0601 e. The van der Waals surface area contributed by atoms with E-state index in [-0.39, 0.29) is 12.4 Å². The Morgan fingerprint density at radius 1 is 1.00 bits per heavy atom. The summed E-state index contributed by atoms with van der Waals surface area (Å²) in [6, 6.07) is 22.5. The van der Waals surface area contributed by atoms with Crippen molar-refractivity contribution in [3.63, 3.8) is 0 Å². The van der Waals surface area contributed by atoms with Gasteiger partial charge < -0.3 is 5.73 Å². The molecule has 0 spiro atoms. The first-order chi connectivity index (χ1) is 11.8. The van der Waals surface area contributed by atoms with Crippen molar-refractivity contribution < 1.29 is 0 Å².